The van der Waals surface area contributed by atoms with E-state index in [9.17, 15) is 9.59 Å². The average molecular weight is 491 g/mol. The molecule has 2 N–H and O–H groups in total. The smallest absolute Gasteiger partial charge is 0.238 e. The lowest BCUT2D eigenvalue weighted by Gasteiger charge is -2.34. The minimum atomic E-state index is -0.101. The summed E-state index contributed by atoms with van der Waals surface area (Å²) in [7, 11) is 4.59. The van der Waals surface area contributed by atoms with E-state index in [1.54, 1.807) is 24.3 Å². The van der Waals surface area contributed by atoms with Gasteiger partial charge >= 0.3 is 0 Å². The number of halogens is 1. The summed E-state index contributed by atoms with van der Waals surface area (Å²) in [6, 6.07) is 10.6. The van der Waals surface area contributed by atoms with Gasteiger partial charge in [0.15, 0.2) is 11.5 Å². The molecule has 1 heterocycles. The molecule has 9 nitrogen and oxygen atoms in total. The van der Waals surface area contributed by atoms with Gasteiger partial charge in [-0.25, -0.2) is 0 Å². The van der Waals surface area contributed by atoms with Crippen molar-refractivity contribution >= 4 is 34.8 Å². The number of nitrogens with zero attached hydrogens (tertiary/aromatic N) is 2. The topological polar surface area (TPSA) is 92.4 Å². The number of methoxy groups -OCH3 is 3. The summed E-state index contributed by atoms with van der Waals surface area (Å²) < 4.78 is 16.0. The van der Waals surface area contributed by atoms with Crippen molar-refractivity contribution in [1.29, 1.82) is 0 Å². The fraction of sp³-hybridized carbons (Fsp3) is 0.417. The Balaban J connectivity index is 1.41. The highest BCUT2D eigenvalue weighted by Gasteiger charge is 2.20. The molecule has 0 unspecified atom stereocenters. The van der Waals surface area contributed by atoms with Crippen molar-refractivity contribution in [3.05, 3.63) is 41.4 Å². The van der Waals surface area contributed by atoms with Gasteiger partial charge in [-0.15, -0.1) is 0 Å². The van der Waals surface area contributed by atoms with Gasteiger partial charge in [0.25, 0.3) is 0 Å². The number of nitrogens with one attached hydrogen (secondary N) is 2. The first kappa shape index (κ1) is 25.6. The van der Waals surface area contributed by atoms with E-state index in [-0.39, 0.29) is 11.8 Å². The first-order chi connectivity index (χ1) is 16.4. The molecule has 34 heavy (non-hydrogen) atoms. The van der Waals surface area contributed by atoms with Crippen molar-refractivity contribution in [3.8, 4) is 17.2 Å². The fourth-order valence-electron chi connectivity index (χ4n) is 3.76. The molecule has 1 saturated heterocycles. The maximum absolute atomic E-state index is 12.5. The van der Waals surface area contributed by atoms with Crippen LogP contribution in [0.3, 0.4) is 0 Å². The van der Waals surface area contributed by atoms with E-state index >= 15 is 0 Å². The molecule has 2 amide bonds. The SMILES string of the molecule is COc1cc(NC(=O)CCN2CCN(CC(=O)Nc3ccccc3Cl)CC2)cc(OC)c1OC. The molecule has 184 valence electrons. The molecule has 2 aromatic carbocycles. The summed E-state index contributed by atoms with van der Waals surface area (Å²) in [4.78, 5) is 29.1. The fourth-order valence-corrected chi connectivity index (χ4v) is 3.95. The minimum absolute atomic E-state index is 0.0914. The monoisotopic (exact) mass is 490 g/mol. The summed E-state index contributed by atoms with van der Waals surface area (Å²) in [5.74, 6) is 1.24. The first-order valence-corrected chi connectivity index (χ1v) is 11.4. The van der Waals surface area contributed by atoms with Gasteiger partial charge in [0.2, 0.25) is 17.6 Å². The molecule has 1 aliphatic rings. The summed E-state index contributed by atoms with van der Waals surface area (Å²) in [6.45, 7) is 4.03. The van der Waals surface area contributed by atoms with Crippen LogP contribution in [0.2, 0.25) is 5.02 Å². The molecule has 0 radical (unpaired) electrons. The third-order valence-corrected chi connectivity index (χ3v) is 5.91. The van der Waals surface area contributed by atoms with Crippen LogP contribution in [0.15, 0.2) is 36.4 Å². The molecule has 1 aliphatic heterocycles. The van der Waals surface area contributed by atoms with Crippen molar-refractivity contribution in [2.45, 2.75) is 6.42 Å². The van der Waals surface area contributed by atoms with Crippen molar-refractivity contribution in [3.63, 3.8) is 0 Å². The lowest BCUT2D eigenvalue weighted by Crippen LogP contribution is -2.49. The molecule has 10 heteroatoms. The Kier molecular flexibility index (Phi) is 9.38. The van der Waals surface area contributed by atoms with Crippen LogP contribution < -0.4 is 24.8 Å². The van der Waals surface area contributed by atoms with Gasteiger partial charge in [-0.05, 0) is 12.1 Å². The van der Waals surface area contributed by atoms with Crippen LogP contribution in [0.1, 0.15) is 6.42 Å². The van der Waals surface area contributed by atoms with Crippen molar-refractivity contribution in [2.75, 3.05) is 71.2 Å². The van der Waals surface area contributed by atoms with Gasteiger partial charge in [0.1, 0.15) is 0 Å². The Morgan fingerprint density at radius 2 is 1.50 bits per heavy atom. The lowest BCUT2D eigenvalue weighted by molar-refractivity contribution is -0.117. The van der Waals surface area contributed by atoms with Crippen molar-refractivity contribution in [2.24, 2.45) is 0 Å². The average Bonchev–Trinajstić information content (AvgIpc) is 2.84. The molecular weight excluding hydrogens is 460 g/mol. The summed E-state index contributed by atoms with van der Waals surface area (Å²) >= 11 is 6.10. The van der Waals surface area contributed by atoms with Crippen LogP contribution in [0, 0.1) is 0 Å². The van der Waals surface area contributed by atoms with Crippen LogP contribution in [0.4, 0.5) is 11.4 Å². The highest BCUT2D eigenvalue weighted by molar-refractivity contribution is 6.33. The van der Waals surface area contributed by atoms with E-state index in [1.807, 2.05) is 12.1 Å². The predicted molar refractivity (Wildman–Crippen MR) is 132 cm³/mol. The second-order valence-electron chi connectivity index (χ2n) is 7.86. The van der Waals surface area contributed by atoms with E-state index in [4.69, 9.17) is 25.8 Å². The second-order valence-corrected chi connectivity index (χ2v) is 8.27. The number of amides is 2. The van der Waals surface area contributed by atoms with E-state index in [1.165, 1.54) is 21.3 Å². The highest BCUT2D eigenvalue weighted by Crippen LogP contribution is 2.39. The van der Waals surface area contributed by atoms with Crippen LogP contribution >= 0.6 is 11.6 Å². The van der Waals surface area contributed by atoms with E-state index in [2.05, 4.69) is 20.4 Å². The predicted octanol–water partition coefficient (Wildman–Crippen LogP) is 2.95. The number of benzene rings is 2. The molecule has 1 fully saturated rings. The van der Waals surface area contributed by atoms with Crippen molar-refractivity contribution < 1.29 is 23.8 Å². The minimum Gasteiger partial charge on any atom is -0.493 e. The quantitative estimate of drug-likeness (QED) is 0.529. The largest absolute Gasteiger partial charge is 0.493 e. The Bertz CT molecular complexity index is 970. The third kappa shape index (κ3) is 6.99. The maximum Gasteiger partial charge on any atom is 0.238 e. The Hall–Kier alpha value is -3.01. The van der Waals surface area contributed by atoms with E-state index in [0.29, 0.717) is 53.2 Å². The summed E-state index contributed by atoms with van der Waals surface area (Å²) in [6.07, 6.45) is 0.351. The van der Waals surface area contributed by atoms with Crippen LogP contribution in [-0.2, 0) is 9.59 Å². The number of carbonyl (C=O) groups is 2. The molecule has 0 spiro atoms. The van der Waals surface area contributed by atoms with Gasteiger partial charge in [-0.1, -0.05) is 23.7 Å². The number of hydrogen-bond acceptors (Lipinski definition) is 7. The number of anilines is 2. The maximum atomic E-state index is 12.5. The van der Waals surface area contributed by atoms with Gasteiger partial charge in [-0.3, -0.25) is 14.5 Å². The molecule has 0 atom stereocenters. The molecule has 2 aromatic rings. The van der Waals surface area contributed by atoms with Crippen LogP contribution in [0.25, 0.3) is 0 Å². The number of para-hydroxylation sites is 1. The number of piperazine rings is 1. The Labute approximate surface area is 204 Å². The van der Waals surface area contributed by atoms with Gasteiger partial charge < -0.3 is 29.7 Å². The molecule has 0 aliphatic carbocycles. The van der Waals surface area contributed by atoms with E-state index in [0.717, 1.165) is 26.2 Å². The number of ether oxygens (including phenoxy) is 3. The summed E-state index contributed by atoms with van der Waals surface area (Å²) in [5, 5.41) is 6.26. The van der Waals surface area contributed by atoms with Gasteiger partial charge in [0.05, 0.1) is 38.6 Å². The Morgan fingerprint density at radius 1 is 0.882 bits per heavy atom. The normalized spacial score (nSPS) is 14.4. The molecule has 0 aromatic heterocycles. The van der Waals surface area contributed by atoms with Crippen LogP contribution in [-0.4, -0.2) is 82.2 Å². The molecule has 0 bridgehead atoms. The lowest BCUT2D eigenvalue weighted by atomic mass is 10.2. The zero-order chi connectivity index (χ0) is 24.5. The number of rotatable bonds is 10. The Morgan fingerprint density at radius 3 is 2.09 bits per heavy atom. The molecule has 0 saturated carbocycles. The van der Waals surface area contributed by atoms with E-state index < -0.39 is 0 Å². The molecule has 3 rings (SSSR count). The number of carbonyl (C=O) groups excluding carboxylic acids is 2. The molecular formula is C24H31ClN4O5. The summed E-state index contributed by atoms with van der Waals surface area (Å²) in [5.41, 5.74) is 1.19. The van der Waals surface area contributed by atoms with Gasteiger partial charge in [0, 0.05) is 57.0 Å². The number of hydrogen-bond donors (Lipinski definition) is 2. The van der Waals surface area contributed by atoms with Crippen LogP contribution in [0.5, 0.6) is 17.2 Å². The third-order valence-electron chi connectivity index (χ3n) is 5.58. The second kappa shape index (κ2) is 12.5. The van der Waals surface area contributed by atoms with Crippen molar-refractivity contribution in [1.82, 2.24) is 9.80 Å². The first-order valence-electron chi connectivity index (χ1n) is 11.0. The highest BCUT2D eigenvalue weighted by atomic mass is 35.5. The van der Waals surface area contributed by atoms with Gasteiger partial charge in [-0.2, -0.15) is 0 Å². The zero-order valence-corrected chi connectivity index (χ0v) is 20.5. The zero-order valence-electron chi connectivity index (χ0n) is 19.7. The standard InChI is InChI=1S/C24H31ClN4O5/c1-32-20-14-17(15-21(33-2)24(20)34-3)26-22(30)8-9-28-10-12-29(13-11-28)16-23(31)27-19-7-5-4-6-18(19)25/h4-7,14-15H,8-13,16H2,1-3H3,(H,26,30)(H,27,31).